The summed E-state index contributed by atoms with van der Waals surface area (Å²) in [5.41, 5.74) is 1.37. The maximum absolute atomic E-state index is 12.7. The van der Waals surface area contributed by atoms with Crippen LogP contribution in [0.4, 0.5) is 10.8 Å². The Morgan fingerprint density at radius 3 is 2.57 bits per heavy atom. The molecule has 2 aromatic heterocycles. The number of amides is 1. The minimum Gasteiger partial charge on any atom is -0.389 e. The van der Waals surface area contributed by atoms with Gasteiger partial charge in [-0.2, -0.15) is 8.42 Å². The van der Waals surface area contributed by atoms with Gasteiger partial charge in [-0.15, -0.1) is 12.4 Å². The number of thiazole rings is 1. The molecule has 0 bridgehead atoms. The molecule has 0 spiro atoms. The first kappa shape index (κ1) is 28.3. The number of hydrogen-bond donors (Lipinski definition) is 3. The highest BCUT2D eigenvalue weighted by Crippen LogP contribution is 2.31. The number of carbonyl (C=O) groups is 1. The fourth-order valence-corrected chi connectivity index (χ4v) is 5.06. The highest BCUT2D eigenvalue weighted by atomic mass is 35.5. The van der Waals surface area contributed by atoms with Crippen LogP contribution in [0, 0.1) is 0 Å². The van der Waals surface area contributed by atoms with Crippen LogP contribution in [0.15, 0.2) is 71.9 Å². The highest BCUT2D eigenvalue weighted by Gasteiger charge is 2.18. The molecule has 0 saturated carbocycles. The molecule has 1 amide bonds. The minimum absolute atomic E-state index is 0. The Hall–Kier alpha value is -3.25. The Balaban J connectivity index is 0.00000380. The predicted octanol–water partition coefficient (Wildman–Crippen LogP) is 4.63. The number of nitrogens with zero attached hydrogens (tertiary/aromatic N) is 2. The standard InChI is InChI=1S/C25H26N4O5S2.ClH/c1-25(2,31)16-27-18-6-9-20(10-7-18)36(32,33)34-19-8-11-21-22(14-19)35-24(28-21)29-23(30)12-5-17-4-3-13-26-15-17;/h3-4,6-11,13-15,27,31H,5,12,16H2,1-2H3,(H,28,29,30);1H. The van der Waals surface area contributed by atoms with Crippen molar-refractivity contribution in [3.05, 3.63) is 72.6 Å². The van der Waals surface area contributed by atoms with Gasteiger partial charge in [0.15, 0.2) is 5.13 Å². The summed E-state index contributed by atoms with van der Waals surface area (Å²) in [5.74, 6) is -0.0257. The molecule has 0 atom stereocenters. The van der Waals surface area contributed by atoms with Crippen molar-refractivity contribution in [3.63, 3.8) is 0 Å². The maximum atomic E-state index is 12.7. The van der Waals surface area contributed by atoms with Gasteiger partial charge in [0.2, 0.25) is 5.91 Å². The summed E-state index contributed by atoms with van der Waals surface area (Å²) < 4.78 is 31.5. The van der Waals surface area contributed by atoms with Crippen LogP contribution >= 0.6 is 23.7 Å². The average molecular weight is 563 g/mol. The molecule has 37 heavy (non-hydrogen) atoms. The Morgan fingerprint density at radius 2 is 1.89 bits per heavy atom. The van der Waals surface area contributed by atoms with Crippen LogP contribution in [0.3, 0.4) is 0 Å². The number of benzene rings is 2. The van der Waals surface area contributed by atoms with Gasteiger partial charge in [0, 0.05) is 37.1 Å². The van der Waals surface area contributed by atoms with Crippen molar-refractivity contribution in [2.45, 2.75) is 37.2 Å². The summed E-state index contributed by atoms with van der Waals surface area (Å²) in [6.07, 6.45) is 4.27. The van der Waals surface area contributed by atoms with E-state index in [0.717, 1.165) is 5.56 Å². The minimum atomic E-state index is -4.06. The second-order valence-electron chi connectivity index (χ2n) is 8.79. The third-order valence-electron chi connectivity index (χ3n) is 5.04. The molecule has 0 aliphatic carbocycles. The molecule has 0 fully saturated rings. The lowest BCUT2D eigenvalue weighted by molar-refractivity contribution is -0.116. The summed E-state index contributed by atoms with van der Waals surface area (Å²) in [6, 6.07) is 14.6. The highest BCUT2D eigenvalue weighted by molar-refractivity contribution is 7.87. The van der Waals surface area contributed by atoms with E-state index >= 15 is 0 Å². The van der Waals surface area contributed by atoms with E-state index in [2.05, 4.69) is 20.6 Å². The molecule has 2 aromatic carbocycles. The monoisotopic (exact) mass is 562 g/mol. The molecular formula is C25H27ClN4O5S2. The van der Waals surface area contributed by atoms with E-state index in [-0.39, 0.29) is 29.0 Å². The van der Waals surface area contributed by atoms with Gasteiger partial charge in [0.25, 0.3) is 0 Å². The first-order chi connectivity index (χ1) is 17.1. The first-order valence-corrected chi connectivity index (χ1v) is 13.4. The van der Waals surface area contributed by atoms with Gasteiger partial charge in [-0.05, 0) is 68.3 Å². The van der Waals surface area contributed by atoms with Crippen molar-refractivity contribution >= 4 is 60.8 Å². The van der Waals surface area contributed by atoms with Crippen LogP contribution in [0.2, 0.25) is 0 Å². The predicted molar refractivity (Wildman–Crippen MR) is 147 cm³/mol. The van der Waals surface area contributed by atoms with Crippen molar-refractivity contribution in [3.8, 4) is 5.75 Å². The van der Waals surface area contributed by atoms with Gasteiger partial charge in [0.1, 0.15) is 10.6 Å². The number of pyridine rings is 1. The molecule has 9 nitrogen and oxygen atoms in total. The molecule has 12 heteroatoms. The van der Waals surface area contributed by atoms with Gasteiger partial charge >= 0.3 is 10.1 Å². The van der Waals surface area contributed by atoms with Gasteiger partial charge in [-0.1, -0.05) is 17.4 Å². The van der Waals surface area contributed by atoms with Gasteiger partial charge in [-0.3, -0.25) is 9.78 Å². The number of aromatic nitrogens is 2. The lowest BCUT2D eigenvalue weighted by atomic mass is 10.1. The molecule has 0 unspecified atom stereocenters. The lowest BCUT2D eigenvalue weighted by Crippen LogP contribution is -2.29. The Kier molecular flexibility index (Phi) is 9.08. The van der Waals surface area contributed by atoms with Crippen LogP contribution < -0.4 is 14.8 Å². The number of hydrogen-bond acceptors (Lipinski definition) is 9. The molecule has 0 radical (unpaired) electrons. The van der Waals surface area contributed by atoms with E-state index in [9.17, 15) is 18.3 Å². The smallest absolute Gasteiger partial charge is 0.339 e. The van der Waals surface area contributed by atoms with Gasteiger partial charge in [-0.25, -0.2) is 4.98 Å². The Morgan fingerprint density at radius 1 is 1.14 bits per heavy atom. The van der Waals surface area contributed by atoms with E-state index < -0.39 is 15.7 Å². The number of halogens is 1. The molecule has 2 heterocycles. The molecule has 4 aromatic rings. The van der Waals surface area contributed by atoms with E-state index in [1.807, 2.05) is 12.1 Å². The summed E-state index contributed by atoms with van der Waals surface area (Å²) >= 11 is 1.23. The normalized spacial score (nSPS) is 11.5. The number of aliphatic hydroxyl groups is 1. The van der Waals surface area contributed by atoms with Gasteiger partial charge in [0.05, 0.1) is 15.8 Å². The van der Waals surface area contributed by atoms with Crippen LogP contribution in [0.5, 0.6) is 5.75 Å². The number of carbonyl (C=O) groups excluding carboxylic acids is 1. The number of anilines is 2. The largest absolute Gasteiger partial charge is 0.389 e. The van der Waals surface area contributed by atoms with Crippen molar-refractivity contribution in [2.24, 2.45) is 0 Å². The number of rotatable bonds is 10. The topological polar surface area (TPSA) is 131 Å². The Labute approximate surface area is 225 Å². The van der Waals surface area contributed by atoms with Crippen LogP contribution in [-0.2, 0) is 21.3 Å². The van der Waals surface area contributed by atoms with Crippen molar-refractivity contribution in [1.82, 2.24) is 9.97 Å². The van der Waals surface area contributed by atoms with Crippen LogP contribution in [0.1, 0.15) is 25.8 Å². The fourth-order valence-electron chi connectivity index (χ4n) is 3.23. The van der Waals surface area contributed by atoms with E-state index in [1.54, 1.807) is 50.5 Å². The summed E-state index contributed by atoms with van der Waals surface area (Å²) in [4.78, 5) is 20.7. The van der Waals surface area contributed by atoms with E-state index in [0.29, 0.717) is 40.4 Å². The molecule has 0 aliphatic heterocycles. The van der Waals surface area contributed by atoms with Crippen LogP contribution in [0.25, 0.3) is 10.2 Å². The molecular weight excluding hydrogens is 536 g/mol. The third kappa shape index (κ3) is 8.12. The second kappa shape index (κ2) is 11.9. The lowest BCUT2D eigenvalue weighted by Gasteiger charge is -2.18. The first-order valence-electron chi connectivity index (χ1n) is 11.2. The summed E-state index contributed by atoms with van der Waals surface area (Å²) in [5, 5.41) is 16.1. The van der Waals surface area contributed by atoms with Gasteiger partial charge < -0.3 is 19.9 Å². The fraction of sp³-hybridized carbons (Fsp3) is 0.240. The quantitative estimate of drug-likeness (QED) is 0.238. The molecule has 4 rings (SSSR count). The SMILES string of the molecule is CC(C)(O)CNc1ccc(S(=O)(=O)Oc2ccc3nc(NC(=O)CCc4cccnc4)sc3c2)cc1.Cl. The zero-order valence-corrected chi connectivity index (χ0v) is 22.6. The summed E-state index contributed by atoms with van der Waals surface area (Å²) in [6.45, 7) is 3.66. The van der Waals surface area contributed by atoms with Crippen molar-refractivity contribution < 1.29 is 22.5 Å². The maximum Gasteiger partial charge on any atom is 0.339 e. The zero-order chi connectivity index (χ0) is 25.8. The number of aryl methyl sites for hydroxylation is 1. The third-order valence-corrected chi connectivity index (χ3v) is 7.24. The molecule has 0 saturated heterocycles. The van der Waals surface area contributed by atoms with Crippen molar-refractivity contribution in [2.75, 3.05) is 17.2 Å². The average Bonchev–Trinajstić information content (AvgIpc) is 3.23. The summed E-state index contributed by atoms with van der Waals surface area (Å²) in [7, 11) is -4.06. The number of fused-ring (bicyclic) bond motifs is 1. The van der Waals surface area contributed by atoms with E-state index in [1.165, 1.54) is 29.5 Å². The molecule has 196 valence electrons. The number of nitrogens with one attached hydrogen (secondary N) is 2. The van der Waals surface area contributed by atoms with Crippen molar-refractivity contribution in [1.29, 1.82) is 0 Å². The molecule has 3 N–H and O–H groups in total. The van der Waals surface area contributed by atoms with Crippen LogP contribution in [-0.4, -0.2) is 41.5 Å². The zero-order valence-electron chi connectivity index (χ0n) is 20.2. The van der Waals surface area contributed by atoms with E-state index in [4.69, 9.17) is 4.18 Å². The second-order valence-corrected chi connectivity index (χ2v) is 11.4. The Bertz CT molecular complexity index is 1450. The molecule has 0 aliphatic rings.